The van der Waals surface area contributed by atoms with Crippen LogP contribution in [0.5, 0.6) is 0 Å². The van der Waals surface area contributed by atoms with Crippen LogP contribution in [0, 0.1) is 0 Å². The molecule has 0 unspecified atom stereocenters. The molecular weight excluding hydrogens is 176 g/mol. The maximum absolute atomic E-state index is 4.09. The van der Waals surface area contributed by atoms with Gasteiger partial charge in [0.2, 0.25) is 0 Å². The molecule has 0 spiro atoms. The lowest BCUT2D eigenvalue weighted by atomic mass is 10.6. The van der Waals surface area contributed by atoms with Gasteiger partial charge in [0.15, 0.2) is 0 Å². The summed E-state index contributed by atoms with van der Waals surface area (Å²) in [7, 11) is -2.58. The smallest absolute Gasteiger partial charge is 0.0775 e. The Labute approximate surface area is 78.5 Å². The van der Waals surface area contributed by atoms with E-state index in [-0.39, 0.29) is 0 Å². The average molecular weight is 196 g/mol. The van der Waals surface area contributed by atoms with Crippen molar-refractivity contribution >= 4 is 15.2 Å². The zero-order valence-corrected chi connectivity index (χ0v) is 10.8. The normalized spacial score (nSPS) is 12.3. The summed E-state index contributed by atoms with van der Waals surface area (Å²) in [5, 5.41) is 1.26. The first-order chi connectivity index (χ1) is 5.29. The minimum absolute atomic E-state index is 1.26. The molecule has 0 N–H and O–H groups in total. The van der Waals surface area contributed by atoms with Gasteiger partial charge in [-0.3, -0.25) is 0 Å². The lowest BCUT2D eigenvalue weighted by Gasteiger charge is -2.36. The fourth-order valence-electron chi connectivity index (χ4n) is 0.924. The second kappa shape index (κ2) is 3.58. The lowest BCUT2D eigenvalue weighted by molar-refractivity contribution is 1.73. The number of hydrogen-bond donors (Lipinski definition) is 0. The van der Waals surface area contributed by atoms with Crippen LogP contribution in [-0.2, 0) is 0 Å². The van der Waals surface area contributed by atoms with E-state index >= 15 is 0 Å². The van der Waals surface area contributed by atoms with Crippen LogP contribution in [0.4, 0.5) is 0 Å². The second-order valence-electron chi connectivity index (χ2n) is 4.28. The molecule has 0 aromatic rings. The highest BCUT2D eigenvalue weighted by Crippen LogP contribution is 2.26. The highest BCUT2D eigenvalue weighted by Gasteiger charge is 2.39. The standard InChI is InChI=1S/C10H20Si2/c1-8-10(3)12(6,7)11(4,5)9-2/h8-9H,1-3H2,4-7H3. The van der Waals surface area contributed by atoms with Crippen LogP contribution in [0.1, 0.15) is 0 Å². The van der Waals surface area contributed by atoms with Gasteiger partial charge in [-0.15, -0.1) is 18.9 Å². The molecule has 0 saturated carbocycles. The summed E-state index contributed by atoms with van der Waals surface area (Å²) in [4.78, 5) is 0. The third kappa shape index (κ3) is 1.87. The van der Waals surface area contributed by atoms with Crippen LogP contribution in [0.3, 0.4) is 0 Å². The average Bonchev–Trinajstić information content (AvgIpc) is 2.02. The first kappa shape index (κ1) is 11.7. The van der Waals surface area contributed by atoms with E-state index in [1.807, 2.05) is 6.08 Å². The number of rotatable bonds is 4. The van der Waals surface area contributed by atoms with Gasteiger partial charge in [-0.05, 0) is 0 Å². The van der Waals surface area contributed by atoms with Gasteiger partial charge in [0.1, 0.15) is 0 Å². The van der Waals surface area contributed by atoms with Gasteiger partial charge in [0.05, 0.1) is 15.2 Å². The third-order valence-corrected chi connectivity index (χ3v) is 20.5. The van der Waals surface area contributed by atoms with Crippen molar-refractivity contribution in [3.63, 3.8) is 0 Å². The first-order valence-electron chi connectivity index (χ1n) is 4.25. The number of hydrogen-bond acceptors (Lipinski definition) is 0. The maximum atomic E-state index is 4.09. The van der Waals surface area contributed by atoms with Gasteiger partial charge in [-0.1, -0.05) is 44.0 Å². The fraction of sp³-hybridized carbons (Fsp3) is 0.400. The molecule has 0 bridgehead atoms. The van der Waals surface area contributed by atoms with Crippen LogP contribution < -0.4 is 0 Å². The summed E-state index contributed by atoms with van der Waals surface area (Å²) >= 11 is 0. The Hall–Kier alpha value is -0.346. The van der Waals surface area contributed by atoms with Crippen molar-refractivity contribution in [2.24, 2.45) is 0 Å². The minimum Gasteiger partial charge on any atom is -0.107 e. The van der Waals surface area contributed by atoms with Crippen molar-refractivity contribution < 1.29 is 0 Å². The van der Waals surface area contributed by atoms with E-state index < -0.39 is 15.2 Å². The van der Waals surface area contributed by atoms with Crippen molar-refractivity contribution in [1.82, 2.24) is 0 Å². The van der Waals surface area contributed by atoms with Crippen molar-refractivity contribution in [1.29, 1.82) is 0 Å². The predicted molar refractivity (Wildman–Crippen MR) is 64.5 cm³/mol. The van der Waals surface area contributed by atoms with E-state index in [1.54, 1.807) is 0 Å². The van der Waals surface area contributed by atoms with E-state index in [1.165, 1.54) is 5.20 Å². The van der Waals surface area contributed by atoms with Gasteiger partial charge < -0.3 is 0 Å². The fourth-order valence-corrected chi connectivity index (χ4v) is 7.09. The molecule has 0 amide bonds. The Kier molecular flexibility index (Phi) is 3.48. The summed E-state index contributed by atoms with van der Waals surface area (Å²) in [5.41, 5.74) is 2.17. The molecule has 0 saturated heterocycles. The van der Waals surface area contributed by atoms with Gasteiger partial charge in [-0.2, -0.15) is 0 Å². The molecule has 0 rings (SSSR count). The lowest BCUT2D eigenvalue weighted by Crippen LogP contribution is -2.54. The van der Waals surface area contributed by atoms with E-state index in [0.29, 0.717) is 0 Å². The molecule has 0 heterocycles. The summed E-state index contributed by atoms with van der Waals surface area (Å²) in [6.45, 7) is 21.3. The maximum Gasteiger partial charge on any atom is 0.0775 e. The zero-order valence-electron chi connectivity index (χ0n) is 8.78. The molecule has 0 aromatic heterocycles. The van der Waals surface area contributed by atoms with Crippen LogP contribution in [0.25, 0.3) is 0 Å². The summed E-state index contributed by atoms with van der Waals surface area (Å²) < 4.78 is 0. The van der Waals surface area contributed by atoms with Crippen LogP contribution in [0.2, 0.25) is 26.2 Å². The summed E-state index contributed by atoms with van der Waals surface area (Å²) in [5.74, 6) is 0. The monoisotopic (exact) mass is 196 g/mol. The minimum atomic E-state index is -1.33. The van der Waals surface area contributed by atoms with E-state index in [2.05, 4.69) is 51.6 Å². The summed E-state index contributed by atoms with van der Waals surface area (Å²) in [6.07, 6.45) is 1.92. The molecule has 0 radical (unpaired) electrons. The molecule has 0 nitrogen and oxygen atoms in total. The van der Waals surface area contributed by atoms with Crippen molar-refractivity contribution in [3.8, 4) is 0 Å². The second-order valence-corrected chi connectivity index (χ2v) is 19.6. The molecule has 0 aliphatic carbocycles. The molecular formula is C10H20Si2. The van der Waals surface area contributed by atoms with E-state index in [4.69, 9.17) is 0 Å². The summed E-state index contributed by atoms with van der Waals surface area (Å²) in [6, 6.07) is 0. The largest absolute Gasteiger partial charge is 0.107 e. The molecule has 2 heteroatoms. The van der Waals surface area contributed by atoms with E-state index in [9.17, 15) is 0 Å². The molecule has 68 valence electrons. The predicted octanol–water partition coefficient (Wildman–Crippen LogP) is 3.49. The Morgan fingerprint density at radius 3 is 1.75 bits per heavy atom. The quantitative estimate of drug-likeness (QED) is 0.477. The Morgan fingerprint density at radius 1 is 1.08 bits per heavy atom. The van der Waals surface area contributed by atoms with Crippen molar-refractivity contribution in [3.05, 3.63) is 36.7 Å². The Balaban J connectivity index is 4.95. The highest BCUT2D eigenvalue weighted by molar-refractivity contribution is 7.45. The third-order valence-electron chi connectivity index (χ3n) is 3.17. The van der Waals surface area contributed by atoms with Crippen LogP contribution in [-0.4, -0.2) is 15.2 Å². The number of allylic oxidation sites excluding steroid dienone is 2. The zero-order chi connectivity index (χ0) is 9.99. The molecule has 0 atom stereocenters. The first-order valence-corrected chi connectivity index (χ1v) is 11.3. The molecule has 0 aliphatic rings. The van der Waals surface area contributed by atoms with Crippen LogP contribution >= 0.6 is 0 Å². The van der Waals surface area contributed by atoms with Crippen LogP contribution in [0.15, 0.2) is 36.7 Å². The Morgan fingerprint density at radius 2 is 1.50 bits per heavy atom. The van der Waals surface area contributed by atoms with E-state index in [0.717, 1.165) is 0 Å². The molecule has 0 aromatic carbocycles. The topological polar surface area (TPSA) is 0 Å². The highest BCUT2D eigenvalue weighted by atomic mass is 29.3. The Bertz CT molecular complexity index is 212. The van der Waals surface area contributed by atoms with Gasteiger partial charge >= 0.3 is 0 Å². The molecule has 12 heavy (non-hydrogen) atoms. The van der Waals surface area contributed by atoms with Gasteiger partial charge in [-0.25, -0.2) is 0 Å². The van der Waals surface area contributed by atoms with Crippen molar-refractivity contribution in [2.45, 2.75) is 26.2 Å². The van der Waals surface area contributed by atoms with Gasteiger partial charge in [0, 0.05) is 0 Å². The molecule has 0 aliphatic heterocycles. The van der Waals surface area contributed by atoms with Gasteiger partial charge in [0.25, 0.3) is 0 Å². The SMILES string of the molecule is C=CC(=C)[Si](C)(C)[Si](C)(C)C=C. The molecule has 0 fully saturated rings. The van der Waals surface area contributed by atoms with Crippen molar-refractivity contribution in [2.75, 3.05) is 0 Å².